The number of aromatic nitrogens is 1. The molecule has 0 bridgehead atoms. The lowest BCUT2D eigenvalue weighted by Gasteiger charge is -2.08. The number of amides is 1. The fourth-order valence-electron chi connectivity index (χ4n) is 2.56. The van der Waals surface area contributed by atoms with Gasteiger partial charge in [-0.1, -0.05) is 12.1 Å². The Morgan fingerprint density at radius 3 is 2.53 bits per heavy atom. The molecular formula is C20H17N3O6S. The van der Waals surface area contributed by atoms with Gasteiger partial charge in [0.25, 0.3) is 11.6 Å². The molecule has 10 heteroatoms. The Kier molecular flexibility index (Phi) is 6.38. The zero-order valence-electron chi connectivity index (χ0n) is 15.6. The topological polar surface area (TPSA) is 128 Å². The molecule has 30 heavy (non-hydrogen) atoms. The maximum atomic E-state index is 12.3. The molecule has 0 atom stereocenters. The van der Waals surface area contributed by atoms with Crippen LogP contribution in [0.15, 0.2) is 78.0 Å². The van der Waals surface area contributed by atoms with Crippen molar-refractivity contribution in [3.63, 3.8) is 0 Å². The highest BCUT2D eigenvalue weighted by Crippen LogP contribution is 2.22. The summed E-state index contributed by atoms with van der Waals surface area (Å²) in [5.41, 5.74) is 0.965. The van der Waals surface area contributed by atoms with Crippen molar-refractivity contribution in [3.05, 3.63) is 94.3 Å². The third-order valence-corrected chi connectivity index (χ3v) is 5.30. The summed E-state index contributed by atoms with van der Waals surface area (Å²) in [6.45, 7) is 0.421. The molecule has 9 nitrogen and oxygen atoms in total. The molecule has 0 fully saturated rings. The molecule has 1 N–H and O–H groups in total. The van der Waals surface area contributed by atoms with Gasteiger partial charge in [-0.2, -0.15) is 8.42 Å². The van der Waals surface area contributed by atoms with Crippen molar-refractivity contribution in [3.8, 4) is 5.75 Å². The van der Waals surface area contributed by atoms with Gasteiger partial charge >= 0.3 is 10.1 Å². The van der Waals surface area contributed by atoms with Gasteiger partial charge in [-0.25, -0.2) is 0 Å². The normalized spacial score (nSPS) is 10.9. The largest absolute Gasteiger partial charge is 0.379 e. The van der Waals surface area contributed by atoms with Gasteiger partial charge in [-0.05, 0) is 48.4 Å². The van der Waals surface area contributed by atoms with E-state index in [1.807, 2.05) is 12.1 Å². The van der Waals surface area contributed by atoms with Gasteiger partial charge in [0.2, 0.25) is 0 Å². The van der Waals surface area contributed by atoms with Crippen molar-refractivity contribution in [2.24, 2.45) is 0 Å². The summed E-state index contributed by atoms with van der Waals surface area (Å²) in [4.78, 5) is 26.0. The second-order valence-electron chi connectivity index (χ2n) is 6.18. The Balaban J connectivity index is 1.61. The van der Waals surface area contributed by atoms with Gasteiger partial charge in [0.05, 0.1) is 4.92 Å². The molecule has 1 aromatic heterocycles. The number of carbonyl (C=O) groups is 1. The Bertz CT molecular complexity index is 1150. The third kappa shape index (κ3) is 5.39. The van der Waals surface area contributed by atoms with Crippen molar-refractivity contribution < 1.29 is 22.3 Å². The third-order valence-electron chi connectivity index (χ3n) is 4.06. The second kappa shape index (κ2) is 9.14. The van der Waals surface area contributed by atoms with Crippen LogP contribution in [0.25, 0.3) is 0 Å². The molecule has 3 aromatic rings. The highest BCUT2D eigenvalue weighted by molar-refractivity contribution is 7.87. The maximum absolute atomic E-state index is 12.3. The first-order valence-electron chi connectivity index (χ1n) is 8.81. The van der Waals surface area contributed by atoms with Gasteiger partial charge in [-0.3, -0.25) is 19.9 Å². The quantitative estimate of drug-likeness (QED) is 0.332. The van der Waals surface area contributed by atoms with Gasteiger partial charge in [0, 0.05) is 36.6 Å². The van der Waals surface area contributed by atoms with Crippen LogP contribution in [0, 0.1) is 10.1 Å². The van der Waals surface area contributed by atoms with Crippen molar-refractivity contribution in [2.75, 3.05) is 6.54 Å². The molecule has 3 rings (SSSR count). The molecule has 0 aliphatic heterocycles. The number of nitrogens with one attached hydrogen (secondary N) is 1. The maximum Gasteiger partial charge on any atom is 0.339 e. The van der Waals surface area contributed by atoms with Crippen LogP contribution in [0.3, 0.4) is 0 Å². The summed E-state index contributed by atoms with van der Waals surface area (Å²) in [5, 5.41) is 13.6. The fraction of sp³-hybridized carbons (Fsp3) is 0.100. The Morgan fingerprint density at radius 1 is 1.10 bits per heavy atom. The molecule has 1 amide bonds. The molecule has 0 spiro atoms. The predicted octanol–water partition coefficient (Wildman–Crippen LogP) is 2.73. The highest BCUT2D eigenvalue weighted by atomic mass is 32.2. The first kappa shape index (κ1) is 20.9. The molecule has 2 aromatic carbocycles. The van der Waals surface area contributed by atoms with Crippen LogP contribution in [0.1, 0.15) is 15.9 Å². The first-order valence-corrected chi connectivity index (χ1v) is 10.2. The number of pyridine rings is 1. The number of carbonyl (C=O) groups excluding carboxylic acids is 1. The van der Waals surface area contributed by atoms with Crippen LogP contribution >= 0.6 is 0 Å². The number of nitro benzene ring substituents is 1. The molecule has 0 aliphatic carbocycles. The number of hydrogen-bond acceptors (Lipinski definition) is 7. The lowest BCUT2D eigenvalue weighted by atomic mass is 10.2. The van der Waals surface area contributed by atoms with Gasteiger partial charge < -0.3 is 9.50 Å². The summed E-state index contributed by atoms with van der Waals surface area (Å²) in [5.74, 6) is -0.333. The Morgan fingerprint density at radius 2 is 1.87 bits per heavy atom. The lowest BCUT2D eigenvalue weighted by Crippen LogP contribution is -2.25. The zero-order chi connectivity index (χ0) is 21.6. The van der Waals surface area contributed by atoms with Gasteiger partial charge in [0.15, 0.2) is 0 Å². The zero-order valence-corrected chi connectivity index (χ0v) is 16.4. The summed E-state index contributed by atoms with van der Waals surface area (Å²) >= 11 is 0. The average molecular weight is 427 g/mol. The first-order chi connectivity index (χ1) is 14.3. The molecule has 1 heterocycles. The van der Waals surface area contributed by atoms with E-state index in [-0.39, 0.29) is 22.2 Å². The Hall–Kier alpha value is -3.79. The van der Waals surface area contributed by atoms with E-state index in [0.717, 1.165) is 11.6 Å². The van der Waals surface area contributed by atoms with E-state index in [9.17, 15) is 23.3 Å². The number of non-ortho nitro benzene ring substituents is 1. The van der Waals surface area contributed by atoms with E-state index in [4.69, 9.17) is 4.18 Å². The minimum Gasteiger partial charge on any atom is -0.379 e. The minimum absolute atomic E-state index is 0.0200. The number of nitrogens with zero attached hydrogens (tertiary/aromatic N) is 2. The van der Waals surface area contributed by atoms with E-state index < -0.39 is 15.0 Å². The highest BCUT2D eigenvalue weighted by Gasteiger charge is 2.20. The van der Waals surface area contributed by atoms with E-state index >= 15 is 0 Å². The Labute approximate surface area is 172 Å². The van der Waals surface area contributed by atoms with Crippen molar-refractivity contribution >= 4 is 21.7 Å². The summed E-state index contributed by atoms with van der Waals surface area (Å²) in [7, 11) is -4.26. The molecule has 0 unspecified atom stereocenters. The van der Waals surface area contributed by atoms with Crippen LogP contribution in [0.5, 0.6) is 5.75 Å². The summed E-state index contributed by atoms with van der Waals surface area (Å²) in [6, 6.07) is 13.8. The second-order valence-corrected chi connectivity index (χ2v) is 7.73. The number of benzene rings is 2. The van der Waals surface area contributed by atoms with Gasteiger partial charge in [0.1, 0.15) is 10.6 Å². The average Bonchev–Trinajstić information content (AvgIpc) is 2.75. The summed E-state index contributed by atoms with van der Waals surface area (Å²) < 4.78 is 29.7. The van der Waals surface area contributed by atoms with Crippen LogP contribution in [-0.2, 0) is 16.5 Å². The SMILES string of the molecule is O=C(NCCc1cccnc1)c1ccc(OS(=O)(=O)c2cccc([N+](=O)[O-])c2)cc1. The van der Waals surface area contributed by atoms with Crippen LogP contribution < -0.4 is 9.50 Å². The standard InChI is InChI=1S/C20H17N3O6S/c24-20(22-12-10-15-3-2-11-21-14-15)16-6-8-18(9-7-16)29-30(27,28)19-5-1-4-17(13-19)23(25)26/h1-9,11,13-14H,10,12H2,(H,22,24). The predicted molar refractivity (Wildman–Crippen MR) is 108 cm³/mol. The summed E-state index contributed by atoms with van der Waals surface area (Å²) in [6.07, 6.45) is 4.02. The fourth-order valence-corrected chi connectivity index (χ4v) is 3.53. The van der Waals surface area contributed by atoms with Crippen LogP contribution in [0.4, 0.5) is 5.69 Å². The molecule has 0 radical (unpaired) electrons. The monoisotopic (exact) mass is 427 g/mol. The van der Waals surface area contributed by atoms with Crippen LogP contribution in [0.2, 0.25) is 0 Å². The van der Waals surface area contributed by atoms with E-state index in [0.29, 0.717) is 18.5 Å². The number of hydrogen-bond donors (Lipinski definition) is 1. The van der Waals surface area contributed by atoms with Crippen molar-refractivity contribution in [1.29, 1.82) is 0 Å². The molecular weight excluding hydrogens is 410 g/mol. The van der Waals surface area contributed by atoms with Crippen molar-refractivity contribution in [2.45, 2.75) is 11.3 Å². The van der Waals surface area contributed by atoms with E-state index in [1.54, 1.807) is 12.4 Å². The van der Waals surface area contributed by atoms with Gasteiger partial charge in [-0.15, -0.1) is 0 Å². The smallest absolute Gasteiger partial charge is 0.339 e. The van der Waals surface area contributed by atoms with E-state index in [2.05, 4.69) is 10.3 Å². The molecule has 0 aliphatic rings. The molecule has 0 saturated carbocycles. The lowest BCUT2D eigenvalue weighted by molar-refractivity contribution is -0.385. The van der Waals surface area contributed by atoms with Crippen LogP contribution in [-0.4, -0.2) is 30.8 Å². The molecule has 154 valence electrons. The van der Waals surface area contributed by atoms with Crippen molar-refractivity contribution in [1.82, 2.24) is 10.3 Å². The minimum atomic E-state index is -4.26. The molecule has 0 saturated heterocycles. The number of rotatable bonds is 8. The van der Waals surface area contributed by atoms with E-state index in [1.165, 1.54) is 42.5 Å². The number of nitro groups is 1.